The van der Waals surface area contributed by atoms with Gasteiger partial charge in [0.25, 0.3) is 0 Å². The van der Waals surface area contributed by atoms with Crippen LogP contribution in [0.2, 0.25) is 0 Å². The number of amides is 1. The number of piperazine rings is 1. The van der Waals surface area contributed by atoms with Gasteiger partial charge in [0.1, 0.15) is 0 Å². The van der Waals surface area contributed by atoms with E-state index < -0.39 is 0 Å². The van der Waals surface area contributed by atoms with E-state index in [2.05, 4.69) is 24.1 Å². The van der Waals surface area contributed by atoms with Crippen LogP contribution < -0.4 is 11.1 Å². The molecule has 4 heteroatoms. The van der Waals surface area contributed by atoms with Gasteiger partial charge in [0.05, 0.1) is 0 Å². The summed E-state index contributed by atoms with van der Waals surface area (Å²) in [7, 11) is 0. The van der Waals surface area contributed by atoms with Crippen LogP contribution in [0.25, 0.3) is 0 Å². The molecule has 1 aromatic carbocycles. The van der Waals surface area contributed by atoms with E-state index >= 15 is 0 Å². The summed E-state index contributed by atoms with van der Waals surface area (Å²) in [6.07, 6.45) is 0. The first-order valence-electron chi connectivity index (χ1n) is 6.32. The van der Waals surface area contributed by atoms with Crippen molar-refractivity contribution >= 4 is 5.91 Å². The molecule has 1 heterocycles. The van der Waals surface area contributed by atoms with Crippen molar-refractivity contribution in [2.75, 3.05) is 19.6 Å². The third kappa shape index (κ3) is 3.31. The number of nitrogens with two attached hydrogens (primary N) is 1. The zero-order valence-electron chi connectivity index (χ0n) is 11.1. The number of hydrogen-bond donors (Lipinski definition) is 2. The van der Waals surface area contributed by atoms with Crippen molar-refractivity contribution in [2.24, 2.45) is 5.73 Å². The molecule has 0 saturated carbocycles. The molecule has 1 aliphatic heterocycles. The molecule has 2 rings (SSSR count). The van der Waals surface area contributed by atoms with E-state index in [1.54, 1.807) is 12.1 Å². The Morgan fingerprint density at radius 2 is 2.06 bits per heavy atom. The van der Waals surface area contributed by atoms with Gasteiger partial charge in [-0.2, -0.15) is 0 Å². The van der Waals surface area contributed by atoms with E-state index in [0.717, 1.165) is 26.2 Å². The van der Waals surface area contributed by atoms with Gasteiger partial charge in [0, 0.05) is 37.3 Å². The number of carbonyl (C=O) groups excluding carboxylic acids is 1. The topological polar surface area (TPSA) is 58.4 Å². The van der Waals surface area contributed by atoms with Crippen LogP contribution in [0, 0.1) is 0 Å². The Balaban J connectivity index is 1.99. The maximum Gasteiger partial charge on any atom is 0.248 e. The van der Waals surface area contributed by atoms with Gasteiger partial charge in [0.2, 0.25) is 5.91 Å². The maximum atomic E-state index is 11.0. The van der Waals surface area contributed by atoms with E-state index in [1.807, 2.05) is 12.1 Å². The molecule has 0 bridgehead atoms. The molecule has 1 amide bonds. The average Bonchev–Trinajstić information content (AvgIpc) is 2.28. The number of rotatable bonds is 3. The molecule has 0 radical (unpaired) electrons. The Morgan fingerprint density at radius 1 is 1.39 bits per heavy atom. The second kappa shape index (κ2) is 5.08. The summed E-state index contributed by atoms with van der Waals surface area (Å²) < 4.78 is 0. The highest BCUT2D eigenvalue weighted by molar-refractivity contribution is 5.92. The molecule has 4 nitrogen and oxygen atoms in total. The lowest BCUT2D eigenvalue weighted by Crippen LogP contribution is -2.56. The van der Waals surface area contributed by atoms with E-state index in [0.29, 0.717) is 5.56 Å². The number of primary amides is 1. The summed E-state index contributed by atoms with van der Waals surface area (Å²) in [5, 5.41) is 3.50. The standard InChI is InChI=1S/C14H21N3O/c1-14(2)10-17(8-7-16-14)9-11-3-5-12(6-4-11)13(15)18/h3-6,16H,7-10H2,1-2H3,(H2,15,18). The van der Waals surface area contributed by atoms with Gasteiger partial charge in [-0.15, -0.1) is 0 Å². The molecule has 3 N–H and O–H groups in total. The minimum Gasteiger partial charge on any atom is -0.366 e. The van der Waals surface area contributed by atoms with Crippen LogP contribution in [0.15, 0.2) is 24.3 Å². The SMILES string of the molecule is CC1(C)CN(Cc2ccc(C(N)=O)cc2)CCN1. The van der Waals surface area contributed by atoms with Crippen molar-refractivity contribution in [1.82, 2.24) is 10.2 Å². The summed E-state index contributed by atoms with van der Waals surface area (Å²) in [5.74, 6) is -0.371. The van der Waals surface area contributed by atoms with Crippen LogP contribution >= 0.6 is 0 Å². The second-order valence-electron chi connectivity index (χ2n) is 5.58. The van der Waals surface area contributed by atoms with Crippen LogP contribution in [0.1, 0.15) is 29.8 Å². The molecular weight excluding hydrogens is 226 g/mol. The van der Waals surface area contributed by atoms with E-state index in [9.17, 15) is 4.79 Å². The smallest absolute Gasteiger partial charge is 0.248 e. The molecule has 0 aliphatic carbocycles. The number of nitrogens with zero attached hydrogens (tertiary/aromatic N) is 1. The third-order valence-electron chi connectivity index (χ3n) is 3.30. The Bertz CT molecular complexity index is 425. The summed E-state index contributed by atoms with van der Waals surface area (Å²) in [6.45, 7) is 8.47. The molecule has 1 saturated heterocycles. The first-order valence-corrected chi connectivity index (χ1v) is 6.32. The zero-order chi connectivity index (χ0) is 13.2. The van der Waals surface area contributed by atoms with Crippen LogP contribution in [0.5, 0.6) is 0 Å². The molecule has 98 valence electrons. The molecule has 1 fully saturated rings. The fourth-order valence-corrected chi connectivity index (χ4v) is 2.41. The Hall–Kier alpha value is -1.39. The number of benzene rings is 1. The van der Waals surface area contributed by atoms with Crippen molar-refractivity contribution in [2.45, 2.75) is 25.9 Å². The van der Waals surface area contributed by atoms with E-state index in [4.69, 9.17) is 5.73 Å². The predicted molar refractivity (Wildman–Crippen MR) is 72.3 cm³/mol. The predicted octanol–water partition coefficient (Wildman–Crippen LogP) is 0.969. The number of hydrogen-bond acceptors (Lipinski definition) is 3. The van der Waals surface area contributed by atoms with Crippen LogP contribution in [0.3, 0.4) is 0 Å². The molecule has 1 aromatic rings. The highest BCUT2D eigenvalue weighted by Crippen LogP contribution is 2.14. The lowest BCUT2D eigenvalue weighted by Gasteiger charge is -2.39. The lowest BCUT2D eigenvalue weighted by molar-refractivity contribution is 0.100. The molecular formula is C14H21N3O. The largest absolute Gasteiger partial charge is 0.366 e. The van der Waals surface area contributed by atoms with Gasteiger partial charge < -0.3 is 11.1 Å². The highest BCUT2D eigenvalue weighted by atomic mass is 16.1. The Kier molecular flexibility index (Phi) is 3.68. The normalized spacial score (nSPS) is 19.7. The van der Waals surface area contributed by atoms with Gasteiger partial charge in [-0.05, 0) is 31.5 Å². The average molecular weight is 247 g/mol. The summed E-state index contributed by atoms with van der Waals surface area (Å²) in [4.78, 5) is 13.4. The van der Waals surface area contributed by atoms with Crippen molar-refractivity contribution in [3.05, 3.63) is 35.4 Å². The minimum absolute atomic E-state index is 0.172. The molecule has 1 aliphatic rings. The van der Waals surface area contributed by atoms with Crippen molar-refractivity contribution in [3.8, 4) is 0 Å². The highest BCUT2D eigenvalue weighted by Gasteiger charge is 2.25. The van der Waals surface area contributed by atoms with E-state index in [1.165, 1.54) is 5.56 Å². The van der Waals surface area contributed by atoms with Gasteiger partial charge in [-0.1, -0.05) is 12.1 Å². The van der Waals surface area contributed by atoms with Crippen LogP contribution in [-0.2, 0) is 6.54 Å². The first kappa shape index (κ1) is 13.1. The summed E-state index contributed by atoms with van der Waals surface area (Å²) in [5.41, 5.74) is 7.19. The maximum absolute atomic E-state index is 11.0. The lowest BCUT2D eigenvalue weighted by atomic mass is 10.0. The quantitative estimate of drug-likeness (QED) is 0.836. The number of carbonyl (C=O) groups is 1. The van der Waals surface area contributed by atoms with Gasteiger partial charge in [-0.3, -0.25) is 9.69 Å². The fourth-order valence-electron chi connectivity index (χ4n) is 2.41. The van der Waals surface area contributed by atoms with Crippen molar-refractivity contribution < 1.29 is 4.79 Å². The van der Waals surface area contributed by atoms with Crippen molar-refractivity contribution in [1.29, 1.82) is 0 Å². The van der Waals surface area contributed by atoms with Crippen molar-refractivity contribution in [3.63, 3.8) is 0 Å². The monoisotopic (exact) mass is 247 g/mol. The van der Waals surface area contributed by atoms with E-state index in [-0.39, 0.29) is 11.4 Å². The summed E-state index contributed by atoms with van der Waals surface area (Å²) >= 11 is 0. The Labute approximate surface area is 108 Å². The van der Waals surface area contributed by atoms with Crippen LogP contribution in [0.4, 0.5) is 0 Å². The van der Waals surface area contributed by atoms with Gasteiger partial charge in [-0.25, -0.2) is 0 Å². The first-order chi connectivity index (χ1) is 8.46. The number of nitrogens with one attached hydrogen (secondary N) is 1. The summed E-state index contributed by atoms with van der Waals surface area (Å²) in [6, 6.07) is 7.56. The van der Waals surface area contributed by atoms with Gasteiger partial charge in [0.15, 0.2) is 0 Å². The molecule has 0 spiro atoms. The van der Waals surface area contributed by atoms with Crippen LogP contribution in [-0.4, -0.2) is 36.0 Å². The fraction of sp³-hybridized carbons (Fsp3) is 0.500. The Morgan fingerprint density at radius 3 is 2.61 bits per heavy atom. The zero-order valence-corrected chi connectivity index (χ0v) is 11.1. The molecule has 0 atom stereocenters. The second-order valence-corrected chi connectivity index (χ2v) is 5.58. The molecule has 18 heavy (non-hydrogen) atoms. The third-order valence-corrected chi connectivity index (χ3v) is 3.30. The minimum atomic E-state index is -0.371. The molecule has 0 unspecified atom stereocenters. The van der Waals surface area contributed by atoms with Gasteiger partial charge >= 0.3 is 0 Å². The molecule has 0 aromatic heterocycles.